The van der Waals surface area contributed by atoms with Crippen LogP contribution in [0.2, 0.25) is 0 Å². The lowest BCUT2D eigenvalue weighted by atomic mass is 10.2. The van der Waals surface area contributed by atoms with Gasteiger partial charge in [-0.2, -0.15) is 0 Å². The summed E-state index contributed by atoms with van der Waals surface area (Å²) in [6.07, 6.45) is 0.330. The molecule has 0 bridgehead atoms. The number of nitrogens with zero attached hydrogens (tertiary/aromatic N) is 4. The number of alkyl halides is 1. The summed E-state index contributed by atoms with van der Waals surface area (Å²) >= 11 is 0. The molecule has 28 heavy (non-hydrogen) atoms. The average molecular weight is 392 g/mol. The first-order valence-corrected chi connectivity index (χ1v) is 9.00. The van der Waals surface area contributed by atoms with E-state index in [4.69, 9.17) is 4.74 Å². The molecule has 1 atom stereocenters. The number of amides is 2. The monoisotopic (exact) mass is 392 g/mol. The first-order valence-electron chi connectivity index (χ1n) is 9.00. The first-order chi connectivity index (χ1) is 13.5. The van der Waals surface area contributed by atoms with Crippen LogP contribution in [0, 0.1) is 11.6 Å². The fourth-order valence-corrected chi connectivity index (χ4v) is 3.44. The van der Waals surface area contributed by atoms with Gasteiger partial charge in [0.25, 0.3) is 0 Å². The smallest absolute Gasteiger partial charge is 0.324 e. The van der Waals surface area contributed by atoms with Crippen molar-refractivity contribution in [2.75, 3.05) is 49.2 Å². The molecule has 0 spiro atoms. The van der Waals surface area contributed by atoms with Crippen LogP contribution >= 0.6 is 0 Å². The minimum absolute atomic E-state index is 0.0632. The largest absolute Gasteiger partial charge is 0.484 e. The molecule has 9 heteroatoms. The Labute approximate surface area is 160 Å². The van der Waals surface area contributed by atoms with Gasteiger partial charge in [0.2, 0.25) is 0 Å². The second-order valence-electron chi connectivity index (χ2n) is 6.71. The number of halogens is 3. The molecule has 2 aliphatic heterocycles. The Morgan fingerprint density at radius 1 is 1.11 bits per heavy atom. The molecular weight excluding hydrogens is 373 g/mol. The van der Waals surface area contributed by atoms with Gasteiger partial charge >= 0.3 is 6.03 Å². The van der Waals surface area contributed by atoms with Gasteiger partial charge in [0.15, 0.2) is 0 Å². The normalized spacial score (nSPS) is 19.2. The van der Waals surface area contributed by atoms with Crippen LogP contribution in [0.5, 0.6) is 5.75 Å². The second kappa shape index (κ2) is 7.57. The van der Waals surface area contributed by atoms with Crippen LogP contribution in [0.1, 0.15) is 0 Å². The molecule has 1 saturated heterocycles. The number of rotatable bonds is 2. The van der Waals surface area contributed by atoms with Gasteiger partial charge in [-0.05, 0) is 24.3 Å². The molecule has 1 aromatic heterocycles. The first kappa shape index (κ1) is 18.4. The fraction of sp³-hybridized carbons (Fsp3) is 0.368. The molecule has 2 amide bonds. The Morgan fingerprint density at radius 2 is 1.86 bits per heavy atom. The number of urea groups is 1. The number of ether oxygens (including phenoxy) is 1. The van der Waals surface area contributed by atoms with E-state index >= 15 is 0 Å². The van der Waals surface area contributed by atoms with Gasteiger partial charge in [-0.25, -0.2) is 22.9 Å². The molecule has 0 saturated carbocycles. The van der Waals surface area contributed by atoms with Crippen molar-refractivity contribution in [3.05, 3.63) is 48.2 Å². The highest BCUT2D eigenvalue weighted by Gasteiger charge is 2.34. The van der Waals surface area contributed by atoms with E-state index in [1.807, 2.05) is 4.90 Å². The van der Waals surface area contributed by atoms with Crippen LogP contribution in [0.4, 0.5) is 29.5 Å². The Balaban J connectivity index is 1.47. The molecule has 2 aromatic rings. The standard InChI is InChI=1S/C19H19F3N4O2/c20-10-15-12-26(16-3-1-13(21)9-17(16)28-15)19(27)25-7-5-24(6-8-25)18-4-2-14(22)11-23-18/h1-4,9,11,15H,5-8,10,12H2. The highest BCUT2D eigenvalue weighted by Crippen LogP contribution is 2.35. The van der Waals surface area contributed by atoms with Crippen LogP contribution in [0.15, 0.2) is 36.5 Å². The predicted molar refractivity (Wildman–Crippen MR) is 97.5 cm³/mol. The van der Waals surface area contributed by atoms with E-state index in [1.165, 1.54) is 23.1 Å². The minimum atomic E-state index is -0.831. The summed E-state index contributed by atoms with van der Waals surface area (Å²) in [7, 11) is 0. The molecule has 2 aliphatic rings. The zero-order chi connectivity index (χ0) is 19.7. The van der Waals surface area contributed by atoms with Crippen molar-refractivity contribution in [3.8, 4) is 5.75 Å². The molecule has 1 unspecified atom stereocenters. The number of piperazine rings is 1. The van der Waals surface area contributed by atoms with Crippen molar-refractivity contribution in [1.29, 1.82) is 0 Å². The molecule has 6 nitrogen and oxygen atoms in total. The molecule has 1 fully saturated rings. The minimum Gasteiger partial charge on any atom is -0.484 e. The van der Waals surface area contributed by atoms with Crippen LogP contribution in [0.3, 0.4) is 0 Å². The lowest BCUT2D eigenvalue weighted by Crippen LogP contribution is -2.55. The summed E-state index contributed by atoms with van der Waals surface area (Å²) in [6, 6.07) is 6.55. The zero-order valence-electron chi connectivity index (χ0n) is 15.0. The summed E-state index contributed by atoms with van der Waals surface area (Å²) in [5.74, 6) is -0.0944. The van der Waals surface area contributed by atoms with E-state index in [1.54, 1.807) is 11.0 Å². The number of carbonyl (C=O) groups is 1. The van der Waals surface area contributed by atoms with Crippen molar-refractivity contribution in [1.82, 2.24) is 9.88 Å². The molecular formula is C19H19F3N4O2. The maximum Gasteiger partial charge on any atom is 0.324 e. The Hall–Kier alpha value is -2.97. The number of hydrogen-bond acceptors (Lipinski definition) is 4. The quantitative estimate of drug-likeness (QED) is 0.789. The van der Waals surface area contributed by atoms with E-state index in [0.717, 1.165) is 12.3 Å². The van der Waals surface area contributed by atoms with E-state index in [0.29, 0.717) is 37.7 Å². The number of aromatic nitrogens is 1. The Kier molecular flexibility index (Phi) is 4.97. The summed E-state index contributed by atoms with van der Waals surface area (Å²) in [4.78, 5) is 22.2. The van der Waals surface area contributed by atoms with Gasteiger partial charge in [0, 0.05) is 32.2 Å². The molecule has 0 N–H and O–H groups in total. The van der Waals surface area contributed by atoms with Gasteiger partial charge < -0.3 is 14.5 Å². The SMILES string of the molecule is O=C(N1CCN(c2ccc(F)cn2)CC1)N1CC(CF)Oc2cc(F)ccc21. The summed E-state index contributed by atoms with van der Waals surface area (Å²) in [5, 5.41) is 0. The van der Waals surface area contributed by atoms with E-state index in [9.17, 15) is 18.0 Å². The summed E-state index contributed by atoms with van der Waals surface area (Å²) in [6.45, 7) is 1.24. The Morgan fingerprint density at radius 3 is 2.54 bits per heavy atom. The number of benzene rings is 1. The molecule has 0 radical (unpaired) electrons. The number of hydrogen-bond donors (Lipinski definition) is 0. The van der Waals surface area contributed by atoms with Crippen LogP contribution < -0.4 is 14.5 Å². The van der Waals surface area contributed by atoms with E-state index in [2.05, 4.69) is 4.98 Å². The number of pyridine rings is 1. The molecule has 0 aliphatic carbocycles. The lowest BCUT2D eigenvalue weighted by molar-refractivity contribution is 0.150. The van der Waals surface area contributed by atoms with E-state index < -0.39 is 24.4 Å². The van der Waals surface area contributed by atoms with Gasteiger partial charge in [0.05, 0.1) is 18.4 Å². The zero-order valence-corrected chi connectivity index (χ0v) is 15.0. The van der Waals surface area contributed by atoms with Gasteiger partial charge in [-0.15, -0.1) is 0 Å². The average Bonchev–Trinajstić information content (AvgIpc) is 2.73. The van der Waals surface area contributed by atoms with Crippen LogP contribution in [-0.2, 0) is 0 Å². The third kappa shape index (κ3) is 3.56. The highest BCUT2D eigenvalue weighted by molar-refractivity contribution is 5.94. The topological polar surface area (TPSA) is 48.9 Å². The lowest BCUT2D eigenvalue weighted by Gasteiger charge is -2.40. The van der Waals surface area contributed by atoms with Gasteiger partial charge in [0.1, 0.15) is 36.0 Å². The third-order valence-corrected chi connectivity index (χ3v) is 4.88. The van der Waals surface area contributed by atoms with Crippen molar-refractivity contribution >= 4 is 17.5 Å². The summed E-state index contributed by atoms with van der Waals surface area (Å²) < 4.78 is 45.2. The highest BCUT2D eigenvalue weighted by atomic mass is 19.1. The predicted octanol–water partition coefficient (Wildman–Crippen LogP) is 2.84. The molecule has 148 valence electrons. The van der Waals surface area contributed by atoms with Crippen LogP contribution in [0.25, 0.3) is 0 Å². The molecule has 3 heterocycles. The number of carbonyl (C=O) groups excluding carboxylic acids is 1. The fourth-order valence-electron chi connectivity index (χ4n) is 3.44. The second-order valence-corrected chi connectivity index (χ2v) is 6.71. The summed E-state index contributed by atoms with van der Waals surface area (Å²) in [5.41, 5.74) is 0.429. The number of fused-ring (bicyclic) bond motifs is 1. The van der Waals surface area contributed by atoms with E-state index in [-0.39, 0.29) is 18.3 Å². The maximum atomic E-state index is 13.5. The van der Waals surface area contributed by atoms with Crippen molar-refractivity contribution in [3.63, 3.8) is 0 Å². The Bertz CT molecular complexity index is 857. The molecule has 4 rings (SSSR count). The number of anilines is 2. The molecule has 1 aromatic carbocycles. The van der Waals surface area contributed by atoms with Crippen molar-refractivity contribution < 1.29 is 22.7 Å². The van der Waals surface area contributed by atoms with Gasteiger partial charge in [-0.3, -0.25) is 4.90 Å². The third-order valence-electron chi connectivity index (χ3n) is 4.88. The van der Waals surface area contributed by atoms with Crippen LogP contribution in [-0.4, -0.2) is 61.4 Å². The maximum absolute atomic E-state index is 13.5. The van der Waals surface area contributed by atoms with Crippen molar-refractivity contribution in [2.24, 2.45) is 0 Å². The van der Waals surface area contributed by atoms with Gasteiger partial charge in [-0.1, -0.05) is 0 Å². The van der Waals surface area contributed by atoms with Crippen molar-refractivity contribution in [2.45, 2.75) is 6.10 Å².